The molecule has 1 fully saturated rings. The number of nitrogens with one attached hydrogen (secondary N) is 1. The first-order valence-corrected chi connectivity index (χ1v) is 7.67. The fraction of sp³-hybridized carbons (Fsp3) is 0.353. The van der Waals surface area contributed by atoms with Crippen LogP contribution >= 0.6 is 0 Å². The van der Waals surface area contributed by atoms with Gasteiger partial charge in [-0.25, -0.2) is 0 Å². The van der Waals surface area contributed by atoms with Crippen molar-refractivity contribution in [2.75, 3.05) is 11.9 Å². The zero-order valence-corrected chi connectivity index (χ0v) is 12.5. The number of nitrogens with zero attached hydrogens (tertiary/aromatic N) is 3. The summed E-state index contributed by atoms with van der Waals surface area (Å²) >= 11 is 0. The summed E-state index contributed by atoms with van der Waals surface area (Å²) in [6.45, 7) is 1.71. The first kappa shape index (κ1) is 14.7. The first-order valence-electron chi connectivity index (χ1n) is 7.67. The lowest BCUT2D eigenvalue weighted by Crippen LogP contribution is -2.46. The van der Waals surface area contributed by atoms with Crippen molar-refractivity contribution in [2.24, 2.45) is 0 Å². The summed E-state index contributed by atoms with van der Waals surface area (Å²) < 4.78 is 0. The molecule has 1 aliphatic heterocycles. The van der Waals surface area contributed by atoms with E-state index in [9.17, 15) is 4.79 Å². The molecule has 3 heterocycles. The van der Waals surface area contributed by atoms with Gasteiger partial charge in [-0.3, -0.25) is 19.7 Å². The number of likely N-dealkylation sites (tertiary alicyclic amines) is 1. The highest BCUT2D eigenvalue weighted by atomic mass is 16.2. The third-order valence-corrected chi connectivity index (χ3v) is 3.97. The number of hydrogen-bond donors (Lipinski definition) is 1. The molecule has 0 aromatic carbocycles. The van der Waals surface area contributed by atoms with Gasteiger partial charge in [0.25, 0.3) is 0 Å². The van der Waals surface area contributed by atoms with E-state index in [-0.39, 0.29) is 11.9 Å². The number of rotatable bonds is 4. The van der Waals surface area contributed by atoms with Crippen LogP contribution in [0.5, 0.6) is 0 Å². The maximum Gasteiger partial charge on any atom is 0.241 e. The van der Waals surface area contributed by atoms with Crippen LogP contribution in [0, 0.1) is 0 Å². The van der Waals surface area contributed by atoms with Crippen molar-refractivity contribution >= 4 is 11.6 Å². The number of aromatic nitrogens is 2. The van der Waals surface area contributed by atoms with Crippen LogP contribution in [-0.4, -0.2) is 33.4 Å². The van der Waals surface area contributed by atoms with Crippen molar-refractivity contribution in [3.63, 3.8) is 0 Å². The van der Waals surface area contributed by atoms with E-state index in [1.165, 1.54) is 0 Å². The van der Waals surface area contributed by atoms with E-state index in [1.54, 1.807) is 18.6 Å². The van der Waals surface area contributed by atoms with Crippen LogP contribution in [0.3, 0.4) is 0 Å². The molecule has 0 saturated carbocycles. The van der Waals surface area contributed by atoms with Gasteiger partial charge in [0.15, 0.2) is 0 Å². The van der Waals surface area contributed by atoms with Crippen molar-refractivity contribution in [2.45, 2.75) is 31.8 Å². The average Bonchev–Trinajstić information content (AvgIpc) is 2.57. The van der Waals surface area contributed by atoms with E-state index >= 15 is 0 Å². The van der Waals surface area contributed by atoms with Crippen LogP contribution in [0.4, 0.5) is 5.69 Å². The van der Waals surface area contributed by atoms with Gasteiger partial charge in [-0.1, -0.05) is 12.5 Å². The highest BCUT2D eigenvalue weighted by Gasteiger charge is 2.28. The van der Waals surface area contributed by atoms with Crippen molar-refractivity contribution in [1.29, 1.82) is 0 Å². The zero-order chi connectivity index (χ0) is 15.2. The monoisotopic (exact) mass is 296 g/mol. The molecule has 1 N–H and O–H groups in total. The number of hydrogen-bond acceptors (Lipinski definition) is 4. The summed E-state index contributed by atoms with van der Waals surface area (Å²) in [5.74, 6) is 0.0646. The molecule has 0 aliphatic carbocycles. The van der Waals surface area contributed by atoms with E-state index in [4.69, 9.17) is 0 Å². The predicted octanol–water partition coefficient (Wildman–Crippen LogP) is 2.47. The van der Waals surface area contributed by atoms with Gasteiger partial charge >= 0.3 is 0 Å². The Morgan fingerprint density at radius 3 is 2.82 bits per heavy atom. The first-order chi connectivity index (χ1) is 10.8. The summed E-state index contributed by atoms with van der Waals surface area (Å²) in [6.07, 6.45) is 10.1. The second-order valence-corrected chi connectivity index (χ2v) is 5.57. The molecular formula is C17H20N4O. The molecule has 2 aromatic rings. The number of anilines is 1. The quantitative estimate of drug-likeness (QED) is 0.941. The van der Waals surface area contributed by atoms with Gasteiger partial charge in [0.05, 0.1) is 6.04 Å². The Morgan fingerprint density at radius 2 is 2.05 bits per heavy atom. The highest BCUT2D eigenvalue weighted by Crippen LogP contribution is 2.21. The summed E-state index contributed by atoms with van der Waals surface area (Å²) in [5, 5.41) is 2.99. The van der Waals surface area contributed by atoms with Gasteiger partial charge in [0, 0.05) is 37.0 Å². The molecule has 114 valence electrons. The van der Waals surface area contributed by atoms with Gasteiger partial charge in [0.1, 0.15) is 0 Å². The van der Waals surface area contributed by atoms with Crippen LogP contribution in [0.15, 0.2) is 49.1 Å². The topological polar surface area (TPSA) is 58.1 Å². The summed E-state index contributed by atoms with van der Waals surface area (Å²) in [6, 6.07) is 7.53. The predicted molar refractivity (Wildman–Crippen MR) is 85.2 cm³/mol. The minimum atomic E-state index is -0.0814. The Kier molecular flexibility index (Phi) is 4.75. The normalized spacial score (nSPS) is 18.8. The number of pyridine rings is 2. The second-order valence-electron chi connectivity index (χ2n) is 5.57. The van der Waals surface area contributed by atoms with Crippen molar-refractivity contribution < 1.29 is 4.79 Å². The van der Waals surface area contributed by atoms with Crippen LogP contribution in [0.2, 0.25) is 0 Å². The number of carbonyl (C=O) groups is 1. The summed E-state index contributed by atoms with van der Waals surface area (Å²) in [4.78, 5) is 22.9. The lowest BCUT2D eigenvalue weighted by molar-refractivity contribution is -0.122. The molecule has 0 bridgehead atoms. The van der Waals surface area contributed by atoms with E-state index in [1.807, 2.05) is 24.4 Å². The van der Waals surface area contributed by atoms with Gasteiger partial charge in [0.2, 0.25) is 5.91 Å². The Balaban J connectivity index is 1.68. The average molecular weight is 296 g/mol. The van der Waals surface area contributed by atoms with E-state index in [2.05, 4.69) is 26.3 Å². The van der Waals surface area contributed by atoms with Crippen molar-refractivity contribution in [1.82, 2.24) is 14.9 Å². The third kappa shape index (κ3) is 3.68. The van der Waals surface area contributed by atoms with Gasteiger partial charge < -0.3 is 5.32 Å². The molecule has 0 spiro atoms. The van der Waals surface area contributed by atoms with Gasteiger partial charge in [-0.15, -0.1) is 0 Å². The Labute approximate surface area is 130 Å². The second kappa shape index (κ2) is 7.13. The molecule has 5 heteroatoms. The fourth-order valence-corrected chi connectivity index (χ4v) is 2.86. The molecule has 1 amide bonds. The molecule has 1 saturated heterocycles. The fourth-order valence-electron chi connectivity index (χ4n) is 2.86. The van der Waals surface area contributed by atoms with E-state index < -0.39 is 0 Å². The summed E-state index contributed by atoms with van der Waals surface area (Å²) in [7, 11) is 0. The standard InChI is InChI=1S/C17H20N4O/c22-17(20-15-6-9-18-10-7-15)16-5-1-2-11-21(16)13-14-4-3-8-19-12-14/h3-4,6-10,12,16H,1-2,5,11,13H2,(H,18,20,22). The Hall–Kier alpha value is -2.27. The van der Waals surface area contributed by atoms with Crippen LogP contribution in [0.1, 0.15) is 24.8 Å². The smallest absolute Gasteiger partial charge is 0.241 e. The number of carbonyl (C=O) groups excluding carboxylic acids is 1. The molecule has 1 atom stereocenters. The molecule has 5 nitrogen and oxygen atoms in total. The maximum absolute atomic E-state index is 12.6. The molecule has 1 unspecified atom stereocenters. The lowest BCUT2D eigenvalue weighted by Gasteiger charge is -2.34. The highest BCUT2D eigenvalue weighted by molar-refractivity contribution is 5.94. The zero-order valence-electron chi connectivity index (χ0n) is 12.5. The minimum absolute atomic E-state index is 0.0646. The Bertz CT molecular complexity index is 603. The maximum atomic E-state index is 12.6. The summed E-state index contributed by atoms with van der Waals surface area (Å²) in [5.41, 5.74) is 1.94. The molecule has 2 aromatic heterocycles. The van der Waals surface area contributed by atoms with Crippen LogP contribution < -0.4 is 5.32 Å². The molecule has 0 radical (unpaired) electrons. The van der Waals surface area contributed by atoms with Gasteiger partial charge in [-0.05, 0) is 43.1 Å². The lowest BCUT2D eigenvalue weighted by atomic mass is 10.0. The van der Waals surface area contributed by atoms with Gasteiger partial charge in [-0.2, -0.15) is 0 Å². The van der Waals surface area contributed by atoms with E-state index in [0.717, 1.165) is 43.6 Å². The van der Waals surface area contributed by atoms with E-state index in [0.29, 0.717) is 0 Å². The number of amides is 1. The van der Waals surface area contributed by atoms with Crippen molar-refractivity contribution in [3.8, 4) is 0 Å². The third-order valence-electron chi connectivity index (χ3n) is 3.97. The largest absolute Gasteiger partial charge is 0.325 e. The minimum Gasteiger partial charge on any atom is -0.325 e. The number of piperidine rings is 1. The molecule has 1 aliphatic rings. The molecule has 3 rings (SSSR count). The Morgan fingerprint density at radius 1 is 1.18 bits per heavy atom. The molecular weight excluding hydrogens is 276 g/mol. The van der Waals surface area contributed by atoms with Crippen LogP contribution in [0.25, 0.3) is 0 Å². The SMILES string of the molecule is O=C(Nc1ccncc1)C1CCCCN1Cc1cccnc1. The molecule has 22 heavy (non-hydrogen) atoms. The van der Waals surface area contributed by atoms with Crippen molar-refractivity contribution in [3.05, 3.63) is 54.6 Å². The van der Waals surface area contributed by atoms with Crippen LogP contribution in [-0.2, 0) is 11.3 Å².